The van der Waals surface area contributed by atoms with Crippen molar-refractivity contribution in [1.82, 2.24) is 10.1 Å². The Bertz CT molecular complexity index is 330. The van der Waals surface area contributed by atoms with Crippen LogP contribution in [0.5, 0.6) is 0 Å². The molecular weight excluding hydrogens is 204 g/mol. The minimum Gasteiger partial charge on any atom is -0.338 e. The van der Waals surface area contributed by atoms with Crippen LogP contribution >= 0.6 is 0 Å². The molecule has 2 N–H and O–H groups in total. The van der Waals surface area contributed by atoms with E-state index in [-0.39, 0.29) is 12.0 Å². The molecule has 1 aliphatic rings. The normalized spacial score (nSPS) is 20.1. The number of aromatic nitrogens is 2. The Hall–Kier alpha value is -1.10. The topological polar surface area (TPSA) is 68.2 Å². The van der Waals surface area contributed by atoms with Crippen LogP contribution in [0.15, 0.2) is 4.52 Å². The first kappa shape index (κ1) is 11.4. The van der Waals surface area contributed by atoms with Gasteiger partial charge in [-0.1, -0.05) is 6.92 Å². The molecule has 1 aliphatic heterocycles. The summed E-state index contributed by atoms with van der Waals surface area (Å²) in [7, 11) is 0. The molecule has 1 fully saturated rings. The monoisotopic (exact) mass is 224 g/mol. The van der Waals surface area contributed by atoms with E-state index in [1.807, 2.05) is 6.92 Å². The van der Waals surface area contributed by atoms with Gasteiger partial charge in [0.15, 0.2) is 0 Å². The predicted octanol–water partition coefficient (Wildman–Crippen LogP) is 1.51. The van der Waals surface area contributed by atoms with Gasteiger partial charge in [-0.05, 0) is 31.3 Å². The van der Waals surface area contributed by atoms with Gasteiger partial charge in [0.25, 0.3) is 5.95 Å². The van der Waals surface area contributed by atoms with Crippen molar-refractivity contribution in [3.8, 4) is 0 Å². The van der Waals surface area contributed by atoms with E-state index in [4.69, 9.17) is 10.3 Å². The summed E-state index contributed by atoms with van der Waals surface area (Å²) in [5.41, 5.74) is 5.90. The summed E-state index contributed by atoms with van der Waals surface area (Å²) in [5, 5.41) is 4.03. The molecule has 0 radical (unpaired) electrons. The Labute approximate surface area is 96.0 Å². The van der Waals surface area contributed by atoms with Gasteiger partial charge in [-0.15, -0.1) is 0 Å². The largest absolute Gasteiger partial charge is 0.338 e. The van der Waals surface area contributed by atoms with Gasteiger partial charge in [0.1, 0.15) is 0 Å². The number of rotatable bonds is 4. The summed E-state index contributed by atoms with van der Waals surface area (Å²) in [4.78, 5) is 6.62. The third-order valence-electron chi connectivity index (χ3n) is 3.21. The van der Waals surface area contributed by atoms with E-state index in [9.17, 15) is 0 Å². The van der Waals surface area contributed by atoms with Gasteiger partial charge < -0.3 is 15.2 Å². The minimum atomic E-state index is 0.0527. The highest BCUT2D eigenvalue weighted by Crippen LogP contribution is 2.24. The van der Waals surface area contributed by atoms with Crippen LogP contribution in [0, 0.1) is 0 Å². The molecule has 90 valence electrons. The third-order valence-corrected chi connectivity index (χ3v) is 3.21. The van der Waals surface area contributed by atoms with E-state index in [2.05, 4.69) is 22.0 Å². The van der Waals surface area contributed by atoms with Crippen LogP contribution in [0.1, 0.15) is 44.9 Å². The van der Waals surface area contributed by atoms with Crippen molar-refractivity contribution < 1.29 is 4.52 Å². The van der Waals surface area contributed by atoms with Crippen molar-refractivity contribution in [2.45, 2.75) is 45.1 Å². The first-order valence-corrected chi connectivity index (χ1v) is 6.06. The molecule has 2 heterocycles. The summed E-state index contributed by atoms with van der Waals surface area (Å²) < 4.78 is 5.31. The molecule has 16 heavy (non-hydrogen) atoms. The molecule has 2 unspecified atom stereocenters. The zero-order chi connectivity index (χ0) is 11.5. The molecule has 0 aliphatic carbocycles. The maximum atomic E-state index is 5.90. The summed E-state index contributed by atoms with van der Waals surface area (Å²) >= 11 is 0. The molecule has 1 aromatic rings. The van der Waals surface area contributed by atoms with Crippen molar-refractivity contribution in [2.75, 3.05) is 18.0 Å². The molecule has 1 saturated heterocycles. The minimum absolute atomic E-state index is 0.0527. The van der Waals surface area contributed by atoms with Crippen LogP contribution in [0.25, 0.3) is 0 Å². The van der Waals surface area contributed by atoms with Crippen molar-refractivity contribution in [3.63, 3.8) is 0 Å². The number of nitrogens with zero attached hydrogens (tertiary/aromatic N) is 3. The SMILES string of the molecule is CCC(c1nc(N2CCCC2)no1)C(C)N. The fraction of sp³-hybridized carbons (Fsp3) is 0.818. The summed E-state index contributed by atoms with van der Waals surface area (Å²) in [6.07, 6.45) is 3.36. The van der Waals surface area contributed by atoms with Gasteiger partial charge in [-0.25, -0.2) is 0 Å². The Balaban J connectivity index is 2.11. The molecule has 0 bridgehead atoms. The highest BCUT2D eigenvalue weighted by molar-refractivity contribution is 5.29. The predicted molar refractivity (Wildman–Crippen MR) is 62.4 cm³/mol. The molecule has 2 atom stereocenters. The van der Waals surface area contributed by atoms with Crippen LogP contribution in [0.3, 0.4) is 0 Å². The van der Waals surface area contributed by atoms with Crippen LogP contribution < -0.4 is 10.6 Å². The summed E-state index contributed by atoms with van der Waals surface area (Å²) in [6, 6.07) is 0.0527. The average Bonchev–Trinajstić information content (AvgIpc) is 2.86. The van der Waals surface area contributed by atoms with Crippen molar-refractivity contribution in [3.05, 3.63) is 5.89 Å². The maximum absolute atomic E-state index is 5.90. The highest BCUT2D eigenvalue weighted by Gasteiger charge is 2.24. The second-order valence-corrected chi connectivity index (χ2v) is 4.50. The van der Waals surface area contributed by atoms with E-state index >= 15 is 0 Å². The lowest BCUT2D eigenvalue weighted by atomic mass is 9.99. The van der Waals surface area contributed by atoms with Gasteiger partial charge in [-0.3, -0.25) is 0 Å². The summed E-state index contributed by atoms with van der Waals surface area (Å²) in [6.45, 7) is 6.14. The standard InChI is InChI=1S/C11H20N4O/c1-3-9(8(2)12)10-13-11(14-16-10)15-6-4-5-7-15/h8-9H,3-7,12H2,1-2H3. The zero-order valence-corrected chi connectivity index (χ0v) is 10.0. The van der Waals surface area contributed by atoms with E-state index in [0.717, 1.165) is 25.5 Å². The van der Waals surface area contributed by atoms with Crippen molar-refractivity contribution >= 4 is 5.95 Å². The number of hydrogen-bond acceptors (Lipinski definition) is 5. The molecule has 0 amide bonds. The smallest absolute Gasteiger partial charge is 0.266 e. The van der Waals surface area contributed by atoms with E-state index in [1.165, 1.54) is 12.8 Å². The van der Waals surface area contributed by atoms with Gasteiger partial charge in [0.2, 0.25) is 5.89 Å². The molecule has 1 aromatic heterocycles. The third kappa shape index (κ3) is 2.19. The van der Waals surface area contributed by atoms with Gasteiger partial charge >= 0.3 is 0 Å². The Morgan fingerprint density at radius 2 is 2.12 bits per heavy atom. The Morgan fingerprint density at radius 3 is 2.69 bits per heavy atom. The number of anilines is 1. The van der Waals surface area contributed by atoms with Gasteiger partial charge in [0, 0.05) is 19.1 Å². The van der Waals surface area contributed by atoms with E-state index in [1.54, 1.807) is 0 Å². The Morgan fingerprint density at radius 1 is 1.44 bits per heavy atom. The van der Waals surface area contributed by atoms with Crippen LogP contribution in [-0.2, 0) is 0 Å². The van der Waals surface area contributed by atoms with Gasteiger partial charge in [-0.2, -0.15) is 4.98 Å². The maximum Gasteiger partial charge on any atom is 0.266 e. The lowest BCUT2D eigenvalue weighted by Gasteiger charge is -2.14. The van der Waals surface area contributed by atoms with Crippen molar-refractivity contribution in [2.24, 2.45) is 5.73 Å². The second-order valence-electron chi connectivity index (χ2n) is 4.50. The lowest BCUT2D eigenvalue weighted by Crippen LogP contribution is -2.25. The van der Waals surface area contributed by atoms with Crippen molar-refractivity contribution in [1.29, 1.82) is 0 Å². The molecule has 0 aromatic carbocycles. The molecule has 2 rings (SSSR count). The highest BCUT2D eigenvalue weighted by atomic mass is 16.5. The number of nitrogens with two attached hydrogens (primary N) is 1. The molecular formula is C11H20N4O. The summed E-state index contributed by atoms with van der Waals surface area (Å²) in [5.74, 6) is 1.58. The van der Waals surface area contributed by atoms with Crippen LogP contribution in [-0.4, -0.2) is 29.3 Å². The lowest BCUT2D eigenvalue weighted by molar-refractivity contribution is 0.333. The first-order chi connectivity index (χ1) is 7.72. The first-order valence-electron chi connectivity index (χ1n) is 6.06. The fourth-order valence-electron chi connectivity index (χ4n) is 2.19. The molecule has 0 spiro atoms. The average molecular weight is 224 g/mol. The second kappa shape index (κ2) is 4.82. The molecule has 0 saturated carbocycles. The van der Waals surface area contributed by atoms with Crippen LogP contribution in [0.4, 0.5) is 5.95 Å². The Kier molecular flexibility index (Phi) is 3.43. The quantitative estimate of drug-likeness (QED) is 0.839. The number of hydrogen-bond donors (Lipinski definition) is 1. The fourth-order valence-corrected chi connectivity index (χ4v) is 2.19. The van der Waals surface area contributed by atoms with E-state index in [0.29, 0.717) is 5.89 Å². The molecule has 5 nitrogen and oxygen atoms in total. The van der Waals surface area contributed by atoms with Gasteiger partial charge in [0.05, 0.1) is 5.92 Å². The zero-order valence-electron chi connectivity index (χ0n) is 10.0. The molecule has 5 heteroatoms. The van der Waals surface area contributed by atoms with E-state index < -0.39 is 0 Å². The van der Waals surface area contributed by atoms with Crippen LogP contribution in [0.2, 0.25) is 0 Å².